The van der Waals surface area contributed by atoms with Gasteiger partial charge in [0.25, 0.3) is 5.91 Å². The van der Waals surface area contributed by atoms with Crippen molar-refractivity contribution in [3.8, 4) is 11.5 Å². The fraction of sp³-hybridized carbons (Fsp3) is 0.0588. The van der Waals surface area contributed by atoms with Gasteiger partial charge in [0.05, 0.1) is 7.11 Å². The van der Waals surface area contributed by atoms with Crippen molar-refractivity contribution >= 4 is 18.0 Å². The Labute approximate surface area is 132 Å². The normalized spacial score (nSPS) is 10.9. The number of rotatable bonds is 5. The Hall–Kier alpha value is -3.28. The lowest BCUT2D eigenvalue weighted by Crippen LogP contribution is -2.27. The molecule has 23 heavy (non-hydrogen) atoms. The zero-order valence-electron chi connectivity index (χ0n) is 12.3. The first-order valence-electron chi connectivity index (χ1n) is 6.69. The van der Waals surface area contributed by atoms with E-state index in [9.17, 15) is 19.8 Å². The highest BCUT2D eigenvalue weighted by molar-refractivity contribution is 6.02. The van der Waals surface area contributed by atoms with Gasteiger partial charge in [-0.2, -0.15) is 0 Å². The van der Waals surface area contributed by atoms with Crippen molar-refractivity contribution < 1.29 is 24.5 Å². The van der Waals surface area contributed by atoms with Crippen LogP contribution in [0.5, 0.6) is 11.5 Å². The fourth-order valence-electron chi connectivity index (χ4n) is 1.89. The van der Waals surface area contributed by atoms with E-state index in [1.165, 1.54) is 31.4 Å². The van der Waals surface area contributed by atoms with Crippen LogP contribution in [-0.2, 0) is 4.79 Å². The van der Waals surface area contributed by atoms with Gasteiger partial charge in [0.15, 0.2) is 11.5 Å². The van der Waals surface area contributed by atoms with E-state index in [1.807, 2.05) is 0 Å². The molecule has 2 aromatic carbocycles. The molecular formula is C17H15NO5. The van der Waals surface area contributed by atoms with Gasteiger partial charge in [-0.1, -0.05) is 24.3 Å². The smallest absolute Gasteiger partial charge is 0.352 e. The molecule has 2 rings (SSSR count). The number of ether oxygens (including phenoxy) is 1. The SMILES string of the molecule is COc1cc(/C=C(/NC(=O)c2ccccc2)C(=O)O)ccc1O. The number of benzene rings is 2. The maximum absolute atomic E-state index is 12.0. The number of carboxylic acid groups (broad SMARTS) is 1. The highest BCUT2D eigenvalue weighted by Crippen LogP contribution is 2.27. The summed E-state index contributed by atoms with van der Waals surface area (Å²) < 4.78 is 4.96. The van der Waals surface area contributed by atoms with Crippen molar-refractivity contribution in [2.45, 2.75) is 0 Å². The number of aromatic hydroxyl groups is 1. The molecule has 0 fully saturated rings. The first-order chi connectivity index (χ1) is 11.0. The predicted octanol–water partition coefficient (Wildman–Crippen LogP) is 2.26. The van der Waals surface area contributed by atoms with Gasteiger partial charge in [-0.25, -0.2) is 4.79 Å². The number of aliphatic carboxylic acids is 1. The summed E-state index contributed by atoms with van der Waals surface area (Å²) in [6.45, 7) is 0. The summed E-state index contributed by atoms with van der Waals surface area (Å²) in [4.78, 5) is 23.4. The molecule has 6 nitrogen and oxygen atoms in total. The number of phenols is 1. The molecule has 1 amide bonds. The minimum Gasteiger partial charge on any atom is -0.504 e. The summed E-state index contributed by atoms with van der Waals surface area (Å²) in [7, 11) is 1.39. The zero-order valence-corrected chi connectivity index (χ0v) is 12.3. The largest absolute Gasteiger partial charge is 0.504 e. The Bertz CT molecular complexity index is 753. The number of hydrogen-bond acceptors (Lipinski definition) is 4. The Morgan fingerprint density at radius 1 is 1.13 bits per heavy atom. The summed E-state index contributed by atoms with van der Waals surface area (Å²) >= 11 is 0. The molecule has 0 aromatic heterocycles. The van der Waals surface area contributed by atoms with Crippen LogP contribution in [0.3, 0.4) is 0 Å². The topological polar surface area (TPSA) is 95.9 Å². The maximum Gasteiger partial charge on any atom is 0.352 e. The third kappa shape index (κ3) is 4.10. The van der Waals surface area contributed by atoms with Gasteiger partial charge >= 0.3 is 5.97 Å². The first kappa shape index (κ1) is 16.1. The molecule has 0 aliphatic carbocycles. The van der Waals surface area contributed by atoms with Gasteiger partial charge in [0, 0.05) is 5.56 Å². The molecular weight excluding hydrogens is 298 g/mol. The quantitative estimate of drug-likeness (QED) is 0.736. The van der Waals surface area contributed by atoms with Gasteiger partial charge in [-0.15, -0.1) is 0 Å². The van der Waals surface area contributed by atoms with Gasteiger partial charge < -0.3 is 20.3 Å². The monoisotopic (exact) mass is 313 g/mol. The van der Waals surface area contributed by atoms with E-state index in [-0.39, 0.29) is 17.2 Å². The molecule has 0 spiro atoms. The number of hydrogen-bond donors (Lipinski definition) is 3. The van der Waals surface area contributed by atoms with Crippen molar-refractivity contribution in [2.24, 2.45) is 0 Å². The Morgan fingerprint density at radius 2 is 1.83 bits per heavy atom. The van der Waals surface area contributed by atoms with Crippen LogP contribution in [0.1, 0.15) is 15.9 Å². The molecule has 0 bridgehead atoms. The molecule has 0 saturated heterocycles. The standard InChI is InChI=1S/C17H15NO5/c1-23-15-10-11(7-8-14(15)19)9-13(17(21)22)18-16(20)12-5-3-2-4-6-12/h2-10,19H,1H3,(H,18,20)(H,21,22)/b13-9+. The van der Waals surface area contributed by atoms with Gasteiger partial charge in [-0.05, 0) is 35.9 Å². The number of carbonyl (C=O) groups is 2. The zero-order chi connectivity index (χ0) is 16.8. The van der Waals surface area contributed by atoms with Crippen LogP contribution in [0.2, 0.25) is 0 Å². The van der Waals surface area contributed by atoms with E-state index in [2.05, 4.69) is 5.32 Å². The van der Waals surface area contributed by atoms with E-state index < -0.39 is 11.9 Å². The Morgan fingerprint density at radius 3 is 2.43 bits per heavy atom. The van der Waals surface area contributed by atoms with Crippen LogP contribution in [0.25, 0.3) is 6.08 Å². The maximum atomic E-state index is 12.0. The number of carbonyl (C=O) groups excluding carboxylic acids is 1. The van der Waals surface area contributed by atoms with Crippen LogP contribution < -0.4 is 10.1 Å². The molecule has 0 atom stereocenters. The lowest BCUT2D eigenvalue weighted by molar-refractivity contribution is -0.132. The summed E-state index contributed by atoms with van der Waals surface area (Å²) in [5.41, 5.74) is 0.528. The summed E-state index contributed by atoms with van der Waals surface area (Å²) in [5.74, 6) is -1.65. The van der Waals surface area contributed by atoms with Crippen molar-refractivity contribution in [3.05, 3.63) is 65.4 Å². The van der Waals surface area contributed by atoms with Crippen LogP contribution in [0, 0.1) is 0 Å². The van der Waals surface area contributed by atoms with Gasteiger partial charge in [0.2, 0.25) is 0 Å². The van der Waals surface area contributed by atoms with Crippen LogP contribution >= 0.6 is 0 Å². The van der Waals surface area contributed by atoms with Gasteiger partial charge in [0.1, 0.15) is 5.70 Å². The molecule has 0 radical (unpaired) electrons. The number of amides is 1. The molecule has 0 unspecified atom stereocenters. The van der Waals surface area contributed by atoms with Crippen molar-refractivity contribution in [2.75, 3.05) is 7.11 Å². The highest BCUT2D eigenvalue weighted by atomic mass is 16.5. The van der Waals surface area contributed by atoms with Crippen LogP contribution in [-0.4, -0.2) is 29.2 Å². The number of nitrogens with one attached hydrogen (secondary N) is 1. The second-order valence-corrected chi connectivity index (χ2v) is 4.61. The van der Waals surface area contributed by atoms with E-state index in [0.717, 1.165) is 0 Å². The van der Waals surface area contributed by atoms with Gasteiger partial charge in [-0.3, -0.25) is 4.79 Å². The van der Waals surface area contributed by atoms with E-state index in [1.54, 1.807) is 30.3 Å². The van der Waals surface area contributed by atoms with Crippen LogP contribution in [0.4, 0.5) is 0 Å². The third-order valence-electron chi connectivity index (χ3n) is 3.03. The average Bonchev–Trinajstić information content (AvgIpc) is 2.56. The van der Waals surface area contributed by atoms with E-state index in [0.29, 0.717) is 11.1 Å². The molecule has 0 aliphatic heterocycles. The molecule has 6 heteroatoms. The third-order valence-corrected chi connectivity index (χ3v) is 3.03. The van der Waals surface area contributed by atoms with Crippen molar-refractivity contribution in [1.82, 2.24) is 5.32 Å². The van der Waals surface area contributed by atoms with Crippen molar-refractivity contribution in [1.29, 1.82) is 0 Å². The second kappa shape index (κ2) is 7.13. The summed E-state index contributed by atoms with van der Waals surface area (Å²) in [5, 5.41) is 21.1. The number of methoxy groups -OCH3 is 1. The first-order valence-corrected chi connectivity index (χ1v) is 6.69. The number of phenolic OH excluding ortho intramolecular Hbond substituents is 1. The van der Waals surface area contributed by atoms with Crippen molar-refractivity contribution in [3.63, 3.8) is 0 Å². The van der Waals surface area contributed by atoms with E-state index in [4.69, 9.17) is 4.74 Å². The van der Waals surface area contributed by atoms with E-state index >= 15 is 0 Å². The summed E-state index contributed by atoms with van der Waals surface area (Å²) in [6, 6.07) is 12.6. The summed E-state index contributed by atoms with van der Waals surface area (Å²) in [6.07, 6.45) is 1.28. The number of carboxylic acids is 1. The Balaban J connectivity index is 2.28. The molecule has 0 saturated carbocycles. The highest BCUT2D eigenvalue weighted by Gasteiger charge is 2.13. The second-order valence-electron chi connectivity index (χ2n) is 4.61. The molecule has 2 aromatic rings. The average molecular weight is 313 g/mol. The molecule has 0 aliphatic rings. The molecule has 118 valence electrons. The fourth-order valence-corrected chi connectivity index (χ4v) is 1.89. The minimum absolute atomic E-state index is 0.0603. The molecule has 0 heterocycles. The molecule has 3 N–H and O–H groups in total. The Kier molecular flexibility index (Phi) is 4.99. The minimum atomic E-state index is -1.28. The predicted molar refractivity (Wildman–Crippen MR) is 84.2 cm³/mol. The lowest BCUT2D eigenvalue weighted by Gasteiger charge is -2.07. The van der Waals surface area contributed by atoms with Crippen LogP contribution in [0.15, 0.2) is 54.2 Å². The lowest BCUT2D eigenvalue weighted by atomic mass is 10.1.